The van der Waals surface area contributed by atoms with Gasteiger partial charge in [-0.05, 0) is 44.4 Å². The number of hydrogen-bond acceptors (Lipinski definition) is 7. The van der Waals surface area contributed by atoms with E-state index in [4.69, 9.17) is 25.2 Å². The second kappa shape index (κ2) is 7.62. The predicted molar refractivity (Wildman–Crippen MR) is 112 cm³/mol. The van der Waals surface area contributed by atoms with Crippen LogP contribution in [0.25, 0.3) is 5.95 Å². The second-order valence-corrected chi connectivity index (χ2v) is 7.30. The summed E-state index contributed by atoms with van der Waals surface area (Å²) >= 11 is 0. The zero-order valence-corrected chi connectivity index (χ0v) is 17.3. The minimum absolute atomic E-state index is 0.406. The van der Waals surface area contributed by atoms with Crippen LogP contribution in [0, 0.1) is 13.8 Å². The molecule has 1 aromatic carbocycles. The van der Waals surface area contributed by atoms with Gasteiger partial charge in [-0.15, -0.1) is 0 Å². The van der Waals surface area contributed by atoms with E-state index in [-0.39, 0.29) is 0 Å². The molecule has 0 saturated carbocycles. The number of ether oxygens (including phenoxy) is 2. The third kappa shape index (κ3) is 3.57. The molecule has 3 aromatic rings. The fourth-order valence-electron chi connectivity index (χ4n) is 3.44. The molecule has 8 heteroatoms. The number of nitrogens with zero attached hydrogens (tertiary/aromatic N) is 5. The van der Waals surface area contributed by atoms with Crippen molar-refractivity contribution in [2.45, 2.75) is 33.3 Å². The molecule has 2 N–H and O–H groups in total. The quantitative estimate of drug-likeness (QED) is 0.711. The van der Waals surface area contributed by atoms with E-state index in [2.05, 4.69) is 10.00 Å². The minimum atomic E-state index is 0.406. The van der Waals surface area contributed by atoms with Gasteiger partial charge in [0.1, 0.15) is 24.0 Å². The number of fused-ring (bicyclic) bond motifs is 1. The van der Waals surface area contributed by atoms with Crippen molar-refractivity contribution in [2.75, 3.05) is 31.3 Å². The van der Waals surface area contributed by atoms with E-state index >= 15 is 0 Å². The molecule has 0 spiro atoms. The molecule has 0 bridgehead atoms. The van der Waals surface area contributed by atoms with Gasteiger partial charge in [0.25, 0.3) is 5.95 Å². The van der Waals surface area contributed by atoms with Crippen molar-refractivity contribution in [3.63, 3.8) is 0 Å². The summed E-state index contributed by atoms with van der Waals surface area (Å²) in [5, 5.41) is 4.51. The zero-order valence-electron chi connectivity index (χ0n) is 17.3. The zero-order chi connectivity index (χ0) is 20.5. The van der Waals surface area contributed by atoms with Crippen molar-refractivity contribution in [3.05, 3.63) is 46.6 Å². The van der Waals surface area contributed by atoms with Crippen LogP contribution in [-0.2, 0) is 13.0 Å². The Hall–Kier alpha value is -3.29. The lowest BCUT2D eigenvalue weighted by Crippen LogP contribution is -2.27. The first-order valence-corrected chi connectivity index (χ1v) is 9.67. The Kier molecular flexibility index (Phi) is 5.00. The number of anilines is 2. The molecule has 1 aliphatic heterocycles. The van der Waals surface area contributed by atoms with Crippen LogP contribution >= 0.6 is 0 Å². The fourth-order valence-corrected chi connectivity index (χ4v) is 3.44. The summed E-state index contributed by atoms with van der Waals surface area (Å²) < 4.78 is 13.0. The van der Waals surface area contributed by atoms with Crippen LogP contribution in [-0.4, -0.2) is 40.5 Å². The van der Waals surface area contributed by atoms with Crippen molar-refractivity contribution in [1.82, 2.24) is 19.7 Å². The summed E-state index contributed by atoms with van der Waals surface area (Å²) in [6.45, 7) is 5.21. The van der Waals surface area contributed by atoms with Crippen LogP contribution in [0.15, 0.2) is 24.3 Å². The highest BCUT2D eigenvalue weighted by atomic mass is 16.5. The number of methoxy groups -OCH3 is 1. The Morgan fingerprint density at radius 3 is 2.55 bits per heavy atom. The topological polar surface area (TPSA) is 91.3 Å². The lowest BCUT2D eigenvalue weighted by atomic mass is 10.1. The third-order valence-electron chi connectivity index (χ3n) is 5.35. The lowest BCUT2D eigenvalue weighted by molar-refractivity contribution is 0.288. The standard InChI is InChI=1S/C21H26N6O2/c1-13-14(2)25-27(18(13)22)21-23-19-17(6-5-11-26(19)3)20(24-21)29-12-15-7-9-16(28-4)10-8-15/h7-10H,5-6,11-12,22H2,1-4H3. The molecule has 0 aliphatic carbocycles. The largest absolute Gasteiger partial charge is 0.497 e. The van der Waals surface area contributed by atoms with E-state index in [9.17, 15) is 0 Å². The van der Waals surface area contributed by atoms with E-state index in [1.54, 1.807) is 11.8 Å². The molecule has 29 heavy (non-hydrogen) atoms. The number of hydrogen-bond donors (Lipinski definition) is 1. The highest BCUT2D eigenvalue weighted by Crippen LogP contribution is 2.32. The third-order valence-corrected chi connectivity index (χ3v) is 5.35. The molecule has 3 heterocycles. The summed E-state index contributed by atoms with van der Waals surface area (Å²) in [7, 11) is 3.69. The fraction of sp³-hybridized carbons (Fsp3) is 0.381. The molecule has 0 amide bonds. The number of rotatable bonds is 5. The first kappa shape index (κ1) is 19.0. The molecule has 152 valence electrons. The van der Waals surface area contributed by atoms with Gasteiger partial charge in [-0.1, -0.05) is 12.1 Å². The maximum absolute atomic E-state index is 6.24. The smallest absolute Gasteiger partial charge is 0.257 e. The van der Waals surface area contributed by atoms with E-state index in [0.717, 1.165) is 53.3 Å². The van der Waals surface area contributed by atoms with E-state index in [1.165, 1.54) is 0 Å². The van der Waals surface area contributed by atoms with Gasteiger partial charge in [-0.2, -0.15) is 19.7 Å². The molecule has 0 radical (unpaired) electrons. The number of aromatic nitrogens is 4. The Morgan fingerprint density at radius 1 is 1.14 bits per heavy atom. The van der Waals surface area contributed by atoms with Crippen molar-refractivity contribution in [1.29, 1.82) is 0 Å². The van der Waals surface area contributed by atoms with Crippen LogP contribution < -0.4 is 20.1 Å². The number of benzene rings is 1. The van der Waals surface area contributed by atoms with E-state index < -0.39 is 0 Å². The first-order valence-electron chi connectivity index (χ1n) is 9.67. The molecular weight excluding hydrogens is 368 g/mol. The minimum Gasteiger partial charge on any atom is -0.497 e. The van der Waals surface area contributed by atoms with Crippen LogP contribution in [0.4, 0.5) is 11.6 Å². The maximum atomic E-state index is 6.24. The molecule has 0 fully saturated rings. The predicted octanol–water partition coefficient (Wildman–Crippen LogP) is 2.83. The van der Waals surface area contributed by atoms with Crippen LogP contribution in [0.1, 0.15) is 28.8 Å². The molecule has 2 aromatic heterocycles. The number of aryl methyl sites for hydroxylation is 1. The van der Waals surface area contributed by atoms with Crippen molar-refractivity contribution >= 4 is 11.6 Å². The molecule has 0 atom stereocenters. The lowest BCUT2D eigenvalue weighted by Gasteiger charge is -2.27. The number of nitrogens with two attached hydrogens (primary N) is 1. The van der Waals surface area contributed by atoms with Crippen molar-refractivity contribution in [3.8, 4) is 17.6 Å². The highest BCUT2D eigenvalue weighted by Gasteiger charge is 2.24. The van der Waals surface area contributed by atoms with E-state index in [0.29, 0.717) is 24.3 Å². The normalized spacial score (nSPS) is 13.3. The van der Waals surface area contributed by atoms with Gasteiger partial charge < -0.3 is 20.1 Å². The van der Waals surface area contributed by atoms with Crippen LogP contribution in [0.2, 0.25) is 0 Å². The van der Waals surface area contributed by atoms with Gasteiger partial charge in [-0.25, -0.2) is 0 Å². The monoisotopic (exact) mass is 394 g/mol. The summed E-state index contributed by atoms with van der Waals surface area (Å²) in [6.07, 6.45) is 1.91. The summed E-state index contributed by atoms with van der Waals surface area (Å²) in [4.78, 5) is 11.6. The summed E-state index contributed by atoms with van der Waals surface area (Å²) in [5.41, 5.74) is 10.1. The van der Waals surface area contributed by atoms with Crippen molar-refractivity contribution in [2.24, 2.45) is 0 Å². The van der Waals surface area contributed by atoms with Crippen LogP contribution in [0.5, 0.6) is 11.6 Å². The van der Waals surface area contributed by atoms with Gasteiger partial charge in [0.15, 0.2) is 0 Å². The van der Waals surface area contributed by atoms with Gasteiger partial charge in [0.2, 0.25) is 5.88 Å². The Morgan fingerprint density at radius 2 is 1.90 bits per heavy atom. The van der Waals surface area contributed by atoms with Gasteiger partial charge in [0, 0.05) is 19.2 Å². The maximum Gasteiger partial charge on any atom is 0.257 e. The van der Waals surface area contributed by atoms with Crippen molar-refractivity contribution < 1.29 is 9.47 Å². The first-order chi connectivity index (χ1) is 14.0. The number of nitrogen functional groups attached to an aromatic ring is 1. The molecule has 0 saturated heterocycles. The van der Waals surface area contributed by atoms with Crippen LogP contribution in [0.3, 0.4) is 0 Å². The second-order valence-electron chi connectivity index (χ2n) is 7.30. The molecule has 0 unspecified atom stereocenters. The molecule has 8 nitrogen and oxygen atoms in total. The summed E-state index contributed by atoms with van der Waals surface area (Å²) in [6, 6.07) is 7.81. The average molecular weight is 394 g/mol. The molecule has 1 aliphatic rings. The summed E-state index contributed by atoms with van der Waals surface area (Å²) in [5.74, 6) is 3.24. The Bertz CT molecular complexity index is 1030. The van der Waals surface area contributed by atoms with Gasteiger partial charge in [0.05, 0.1) is 18.4 Å². The molecular formula is C21H26N6O2. The highest BCUT2D eigenvalue weighted by molar-refractivity contribution is 5.56. The molecule has 4 rings (SSSR count). The Balaban J connectivity index is 1.71. The Labute approximate surface area is 170 Å². The average Bonchev–Trinajstić information content (AvgIpc) is 3.00. The van der Waals surface area contributed by atoms with Gasteiger partial charge in [-0.3, -0.25) is 0 Å². The van der Waals surface area contributed by atoms with E-state index in [1.807, 2.05) is 45.2 Å². The van der Waals surface area contributed by atoms with Gasteiger partial charge >= 0.3 is 0 Å². The SMILES string of the molecule is COc1ccc(COc2nc(-n3nc(C)c(C)c3N)nc3c2CCCN3C)cc1.